The molecule has 0 aliphatic heterocycles. The van der Waals surface area contributed by atoms with Crippen molar-refractivity contribution in [2.45, 2.75) is 17.9 Å². The zero-order valence-corrected chi connectivity index (χ0v) is 10.9. The summed E-state index contributed by atoms with van der Waals surface area (Å²) < 4.78 is 26.4. The number of aliphatic hydroxyl groups excluding tert-OH is 1. The average Bonchev–Trinajstić information content (AvgIpc) is 2.92. The van der Waals surface area contributed by atoms with Crippen LogP contribution in [-0.2, 0) is 23.1 Å². The van der Waals surface area contributed by atoms with E-state index in [2.05, 4.69) is 19.9 Å². The van der Waals surface area contributed by atoms with Crippen LogP contribution < -0.4 is 4.72 Å². The lowest BCUT2D eigenvalue weighted by molar-refractivity contribution is 0.282. The minimum absolute atomic E-state index is 0.112. The summed E-state index contributed by atoms with van der Waals surface area (Å²) in [5, 5.41) is 15.2. The van der Waals surface area contributed by atoms with Gasteiger partial charge in [-0.05, 0) is 17.7 Å². The van der Waals surface area contributed by atoms with Gasteiger partial charge in [-0.1, -0.05) is 12.1 Å². The molecule has 0 saturated heterocycles. The molecule has 8 heteroatoms. The number of benzene rings is 1. The maximum Gasteiger partial charge on any atom is 0.240 e. The van der Waals surface area contributed by atoms with E-state index in [-0.39, 0.29) is 18.0 Å². The highest BCUT2D eigenvalue weighted by atomic mass is 32.2. The third-order valence-electron chi connectivity index (χ3n) is 2.54. The number of nitrogens with zero attached hydrogens (tertiary/aromatic N) is 2. The standard InChI is InChI=1S/C11H14N4O3S/c16-7-9-1-3-10(4-2-9)19(17,18)14-6-5-11-12-8-13-15-11/h1-4,8,14,16H,5-7H2,(H,12,13,15). The average molecular weight is 282 g/mol. The number of aromatic amines is 1. The SMILES string of the molecule is O=S(=O)(NCCc1ncn[nH]1)c1ccc(CO)cc1. The molecule has 2 rings (SSSR count). The predicted molar refractivity (Wildman–Crippen MR) is 67.6 cm³/mol. The molecule has 0 spiro atoms. The number of hydrogen-bond donors (Lipinski definition) is 3. The summed E-state index contributed by atoms with van der Waals surface area (Å²) in [6.45, 7) is 0.124. The number of nitrogens with one attached hydrogen (secondary N) is 2. The second-order valence-corrected chi connectivity index (χ2v) is 5.65. The fraction of sp³-hybridized carbons (Fsp3) is 0.273. The Morgan fingerprint density at radius 2 is 2.00 bits per heavy atom. The molecule has 1 heterocycles. The van der Waals surface area contributed by atoms with E-state index in [4.69, 9.17) is 5.11 Å². The van der Waals surface area contributed by atoms with Crippen LogP contribution in [0.5, 0.6) is 0 Å². The van der Waals surface area contributed by atoms with Crippen molar-refractivity contribution < 1.29 is 13.5 Å². The maximum absolute atomic E-state index is 11.9. The Bertz CT molecular complexity index is 608. The molecule has 0 bridgehead atoms. The molecular formula is C11H14N4O3S. The number of aromatic nitrogens is 3. The summed E-state index contributed by atoms with van der Waals surface area (Å²) >= 11 is 0. The number of aliphatic hydroxyl groups is 1. The van der Waals surface area contributed by atoms with Gasteiger partial charge in [-0.3, -0.25) is 5.10 Å². The Kier molecular flexibility index (Phi) is 4.25. The van der Waals surface area contributed by atoms with Crippen molar-refractivity contribution in [2.24, 2.45) is 0 Å². The Balaban J connectivity index is 1.97. The first-order valence-electron chi connectivity index (χ1n) is 5.65. The molecule has 0 radical (unpaired) electrons. The van der Waals surface area contributed by atoms with Gasteiger partial charge in [-0.15, -0.1) is 0 Å². The number of sulfonamides is 1. The van der Waals surface area contributed by atoms with Crippen LogP contribution >= 0.6 is 0 Å². The molecule has 0 aliphatic carbocycles. The van der Waals surface area contributed by atoms with Crippen molar-refractivity contribution in [3.63, 3.8) is 0 Å². The summed E-state index contributed by atoms with van der Waals surface area (Å²) in [5.74, 6) is 0.623. The second kappa shape index (κ2) is 5.91. The topological polar surface area (TPSA) is 108 Å². The third-order valence-corrected chi connectivity index (χ3v) is 4.01. The molecule has 3 N–H and O–H groups in total. The summed E-state index contributed by atoms with van der Waals surface area (Å²) in [6.07, 6.45) is 1.81. The van der Waals surface area contributed by atoms with Crippen LogP contribution in [0.15, 0.2) is 35.5 Å². The van der Waals surface area contributed by atoms with Gasteiger partial charge >= 0.3 is 0 Å². The van der Waals surface area contributed by atoms with Gasteiger partial charge in [-0.25, -0.2) is 18.1 Å². The van der Waals surface area contributed by atoms with E-state index in [1.165, 1.54) is 18.5 Å². The minimum Gasteiger partial charge on any atom is -0.392 e. The number of H-pyrrole nitrogens is 1. The van der Waals surface area contributed by atoms with Crippen molar-refractivity contribution in [3.05, 3.63) is 42.0 Å². The lowest BCUT2D eigenvalue weighted by Gasteiger charge is -2.06. The molecule has 7 nitrogen and oxygen atoms in total. The molecule has 0 fully saturated rings. The van der Waals surface area contributed by atoms with E-state index >= 15 is 0 Å². The zero-order chi connectivity index (χ0) is 13.7. The molecular weight excluding hydrogens is 268 g/mol. The first kappa shape index (κ1) is 13.7. The fourth-order valence-electron chi connectivity index (χ4n) is 1.51. The lowest BCUT2D eigenvalue weighted by atomic mass is 10.2. The van der Waals surface area contributed by atoms with E-state index in [0.717, 1.165) is 0 Å². The fourth-order valence-corrected chi connectivity index (χ4v) is 2.54. The summed E-state index contributed by atoms with van der Waals surface area (Å²) in [6, 6.07) is 6.07. The van der Waals surface area contributed by atoms with Gasteiger partial charge in [0.25, 0.3) is 0 Å². The Morgan fingerprint density at radius 3 is 2.58 bits per heavy atom. The van der Waals surface area contributed by atoms with Gasteiger partial charge in [0.15, 0.2) is 0 Å². The van der Waals surface area contributed by atoms with Crippen molar-refractivity contribution in [2.75, 3.05) is 6.54 Å². The van der Waals surface area contributed by atoms with Crippen molar-refractivity contribution in [1.82, 2.24) is 19.9 Å². The van der Waals surface area contributed by atoms with E-state index in [0.29, 0.717) is 17.8 Å². The van der Waals surface area contributed by atoms with Crippen LogP contribution in [-0.4, -0.2) is 35.3 Å². The van der Waals surface area contributed by atoms with Gasteiger partial charge in [-0.2, -0.15) is 5.10 Å². The molecule has 2 aromatic rings. The van der Waals surface area contributed by atoms with Gasteiger partial charge in [0, 0.05) is 13.0 Å². The molecule has 0 atom stereocenters. The predicted octanol–water partition coefficient (Wildman–Crippen LogP) is -0.182. The molecule has 0 unspecified atom stereocenters. The van der Waals surface area contributed by atoms with Crippen molar-refractivity contribution in [1.29, 1.82) is 0 Å². The molecule has 0 saturated carbocycles. The van der Waals surface area contributed by atoms with E-state index in [1.54, 1.807) is 12.1 Å². The smallest absolute Gasteiger partial charge is 0.240 e. The molecule has 0 amide bonds. The largest absolute Gasteiger partial charge is 0.392 e. The van der Waals surface area contributed by atoms with Gasteiger partial charge in [0.2, 0.25) is 10.0 Å². The van der Waals surface area contributed by atoms with Crippen LogP contribution in [0.25, 0.3) is 0 Å². The first-order valence-corrected chi connectivity index (χ1v) is 7.14. The monoisotopic (exact) mass is 282 g/mol. The highest BCUT2D eigenvalue weighted by Gasteiger charge is 2.13. The van der Waals surface area contributed by atoms with Crippen molar-refractivity contribution in [3.8, 4) is 0 Å². The molecule has 1 aromatic heterocycles. The van der Waals surface area contributed by atoms with Crippen LogP contribution in [0, 0.1) is 0 Å². The second-order valence-electron chi connectivity index (χ2n) is 3.88. The Morgan fingerprint density at radius 1 is 1.26 bits per heavy atom. The van der Waals surface area contributed by atoms with Crippen LogP contribution in [0.1, 0.15) is 11.4 Å². The number of hydrogen-bond acceptors (Lipinski definition) is 5. The van der Waals surface area contributed by atoms with E-state index < -0.39 is 10.0 Å². The maximum atomic E-state index is 11.9. The lowest BCUT2D eigenvalue weighted by Crippen LogP contribution is -2.26. The summed E-state index contributed by atoms with van der Waals surface area (Å²) in [5.41, 5.74) is 0.667. The minimum atomic E-state index is -3.53. The Labute approximate surface area is 110 Å². The first-order chi connectivity index (χ1) is 9.12. The molecule has 102 valence electrons. The normalized spacial score (nSPS) is 11.6. The zero-order valence-electron chi connectivity index (χ0n) is 10.1. The van der Waals surface area contributed by atoms with Crippen LogP contribution in [0.2, 0.25) is 0 Å². The molecule has 1 aromatic carbocycles. The van der Waals surface area contributed by atoms with Gasteiger partial charge < -0.3 is 5.11 Å². The highest BCUT2D eigenvalue weighted by Crippen LogP contribution is 2.10. The quantitative estimate of drug-likeness (QED) is 0.681. The molecule has 0 aliphatic rings. The van der Waals surface area contributed by atoms with Gasteiger partial charge in [0.05, 0.1) is 11.5 Å². The number of rotatable bonds is 6. The van der Waals surface area contributed by atoms with Crippen LogP contribution in [0.4, 0.5) is 0 Å². The van der Waals surface area contributed by atoms with Crippen LogP contribution in [0.3, 0.4) is 0 Å². The van der Waals surface area contributed by atoms with E-state index in [1.807, 2.05) is 0 Å². The van der Waals surface area contributed by atoms with Gasteiger partial charge in [0.1, 0.15) is 12.2 Å². The Hall–Kier alpha value is -1.77. The third kappa shape index (κ3) is 3.60. The summed E-state index contributed by atoms with van der Waals surface area (Å²) in [7, 11) is -3.53. The van der Waals surface area contributed by atoms with E-state index in [9.17, 15) is 8.42 Å². The molecule has 19 heavy (non-hydrogen) atoms. The van der Waals surface area contributed by atoms with Crippen molar-refractivity contribution >= 4 is 10.0 Å². The summed E-state index contributed by atoms with van der Waals surface area (Å²) in [4.78, 5) is 4.07. The highest BCUT2D eigenvalue weighted by molar-refractivity contribution is 7.89.